The van der Waals surface area contributed by atoms with Gasteiger partial charge in [0.15, 0.2) is 0 Å². The molecule has 1 aromatic heterocycles. The Hall–Kier alpha value is -2.01. The highest BCUT2D eigenvalue weighted by Gasteiger charge is 2.43. The molecule has 20 heavy (non-hydrogen) atoms. The third kappa shape index (κ3) is 2.04. The van der Waals surface area contributed by atoms with E-state index in [1.165, 1.54) is 0 Å². The van der Waals surface area contributed by atoms with Crippen molar-refractivity contribution in [2.45, 2.75) is 25.4 Å². The molecular weight excluding hydrogens is 254 g/mol. The molecule has 1 fully saturated rings. The predicted molar refractivity (Wildman–Crippen MR) is 78.5 cm³/mol. The van der Waals surface area contributed by atoms with E-state index < -0.39 is 5.60 Å². The van der Waals surface area contributed by atoms with E-state index in [2.05, 4.69) is 4.98 Å². The van der Waals surface area contributed by atoms with Crippen LogP contribution >= 0.6 is 0 Å². The number of aromatic amines is 1. The van der Waals surface area contributed by atoms with Gasteiger partial charge in [0.05, 0.1) is 24.3 Å². The van der Waals surface area contributed by atoms with Crippen LogP contribution in [-0.2, 0) is 0 Å². The van der Waals surface area contributed by atoms with E-state index in [-0.39, 0.29) is 5.91 Å². The lowest BCUT2D eigenvalue weighted by Crippen LogP contribution is -2.63. The van der Waals surface area contributed by atoms with Crippen LogP contribution in [0.5, 0.6) is 0 Å². The topological polar surface area (TPSA) is 82.3 Å². The Bertz CT molecular complexity index is 656. The highest BCUT2D eigenvalue weighted by atomic mass is 16.3. The fourth-order valence-corrected chi connectivity index (χ4v) is 2.92. The van der Waals surface area contributed by atoms with Crippen molar-refractivity contribution in [2.24, 2.45) is 0 Å². The van der Waals surface area contributed by atoms with E-state index >= 15 is 0 Å². The number of hydrogen-bond donors (Lipinski definition) is 3. The molecule has 0 radical (unpaired) electrons. The summed E-state index contributed by atoms with van der Waals surface area (Å²) in [5.41, 5.74) is 7.20. The SMILES string of the molecule is CCCC1(O)CN(C(=O)c2c[nH]c3cc(N)ccc23)C1. The second-order valence-corrected chi connectivity index (χ2v) is 5.64. The number of carbonyl (C=O) groups excluding carboxylic acids is 1. The van der Waals surface area contributed by atoms with Gasteiger partial charge in [0.2, 0.25) is 0 Å². The predicted octanol–water partition coefficient (Wildman–Crippen LogP) is 1.74. The lowest BCUT2D eigenvalue weighted by atomic mass is 9.88. The molecule has 3 rings (SSSR count). The quantitative estimate of drug-likeness (QED) is 0.745. The summed E-state index contributed by atoms with van der Waals surface area (Å²) in [7, 11) is 0. The van der Waals surface area contributed by atoms with E-state index in [1.54, 1.807) is 17.2 Å². The number of benzene rings is 1. The Morgan fingerprint density at radius 3 is 2.95 bits per heavy atom. The third-order valence-electron chi connectivity index (χ3n) is 3.91. The maximum Gasteiger partial charge on any atom is 0.256 e. The Labute approximate surface area is 117 Å². The summed E-state index contributed by atoms with van der Waals surface area (Å²) >= 11 is 0. The largest absolute Gasteiger partial charge is 0.399 e. The zero-order chi connectivity index (χ0) is 14.3. The second-order valence-electron chi connectivity index (χ2n) is 5.64. The van der Waals surface area contributed by atoms with Crippen LogP contribution in [0.25, 0.3) is 10.9 Å². The molecule has 0 saturated carbocycles. The number of H-pyrrole nitrogens is 1. The average molecular weight is 273 g/mol. The first-order valence-corrected chi connectivity index (χ1v) is 6.91. The number of nitrogen functional groups attached to an aromatic ring is 1. The Kier molecular flexibility index (Phi) is 2.94. The van der Waals surface area contributed by atoms with Crippen molar-refractivity contribution in [1.29, 1.82) is 0 Å². The number of amides is 1. The maximum absolute atomic E-state index is 12.4. The summed E-state index contributed by atoms with van der Waals surface area (Å²) in [6.45, 7) is 2.87. The minimum atomic E-state index is -0.694. The molecule has 1 aromatic carbocycles. The van der Waals surface area contributed by atoms with Gasteiger partial charge in [-0.1, -0.05) is 13.3 Å². The van der Waals surface area contributed by atoms with Crippen molar-refractivity contribution >= 4 is 22.5 Å². The maximum atomic E-state index is 12.4. The van der Waals surface area contributed by atoms with E-state index in [0.29, 0.717) is 24.3 Å². The lowest BCUT2D eigenvalue weighted by molar-refractivity contribution is -0.0859. The van der Waals surface area contributed by atoms with Crippen LogP contribution in [0.1, 0.15) is 30.1 Å². The van der Waals surface area contributed by atoms with Gasteiger partial charge in [-0.25, -0.2) is 0 Å². The first-order chi connectivity index (χ1) is 9.52. The number of nitrogens with two attached hydrogens (primary N) is 1. The van der Waals surface area contributed by atoms with Crippen LogP contribution in [0.4, 0.5) is 5.69 Å². The van der Waals surface area contributed by atoms with Crippen LogP contribution in [-0.4, -0.2) is 39.6 Å². The molecule has 106 valence electrons. The fourth-order valence-electron chi connectivity index (χ4n) is 2.92. The summed E-state index contributed by atoms with van der Waals surface area (Å²) < 4.78 is 0. The molecule has 2 heterocycles. The van der Waals surface area contributed by atoms with Crippen LogP contribution in [0.3, 0.4) is 0 Å². The molecule has 1 aliphatic rings. The van der Waals surface area contributed by atoms with Crippen LogP contribution in [0, 0.1) is 0 Å². The van der Waals surface area contributed by atoms with E-state index in [9.17, 15) is 9.90 Å². The van der Waals surface area contributed by atoms with Gasteiger partial charge < -0.3 is 20.7 Å². The standard InChI is InChI=1S/C15H19N3O2/c1-2-5-15(20)8-18(9-15)14(19)12-7-17-13-6-10(16)3-4-11(12)13/h3-4,6-7,17,20H,2,5,8-9,16H2,1H3. The van der Waals surface area contributed by atoms with Gasteiger partial charge in [-0.15, -0.1) is 0 Å². The number of aromatic nitrogens is 1. The molecule has 5 heteroatoms. The van der Waals surface area contributed by atoms with Crippen molar-refractivity contribution in [3.8, 4) is 0 Å². The molecule has 5 nitrogen and oxygen atoms in total. The van der Waals surface area contributed by atoms with Crippen molar-refractivity contribution < 1.29 is 9.90 Å². The van der Waals surface area contributed by atoms with Gasteiger partial charge in [-0.3, -0.25) is 4.79 Å². The highest BCUT2D eigenvalue weighted by Crippen LogP contribution is 2.29. The molecule has 0 unspecified atom stereocenters. The number of aliphatic hydroxyl groups is 1. The molecular formula is C15H19N3O2. The number of likely N-dealkylation sites (tertiary alicyclic amines) is 1. The molecule has 0 bridgehead atoms. The molecule has 1 aliphatic heterocycles. The summed E-state index contributed by atoms with van der Waals surface area (Å²) in [6.07, 6.45) is 3.37. The average Bonchev–Trinajstić information content (AvgIpc) is 2.78. The summed E-state index contributed by atoms with van der Waals surface area (Å²) in [5, 5.41) is 11.0. The molecule has 0 atom stereocenters. The van der Waals surface area contributed by atoms with Gasteiger partial charge in [0, 0.05) is 22.8 Å². The van der Waals surface area contributed by atoms with Crippen molar-refractivity contribution in [3.05, 3.63) is 30.0 Å². The van der Waals surface area contributed by atoms with Gasteiger partial charge in [-0.05, 0) is 24.6 Å². The van der Waals surface area contributed by atoms with Crippen LogP contribution in [0.15, 0.2) is 24.4 Å². The molecule has 0 spiro atoms. The van der Waals surface area contributed by atoms with Gasteiger partial charge in [0.1, 0.15) is 0 Å². The monoisotopic (exact) mass is 273 g/mol. The van der Waals surface area contributed by atoms with E-state index in [4.69, 9.17) is 5.73 Å². The molecule has 1 saturated heterocycles. The minimum Gasteiger partial charge on any atom is -0.399 e. The highest BCUT2D eigenvalue weighted by molar-refractivity contribution is 6.07. The Morgan fingerprint density at radius 1 is 1.50 bits per heavy atom. The number of anilines is 1. The number of carbonyl (C=O) groups is 1. The second kappa shape index (κ2) is 4.52. The lowest BCUT2D eigenvalue weighted by Gasteiger charge is -2.46. The van der Waals surface area contributed by atoms with Crippen molar-refractivity contribution in [2.75, 3.05) is 18.8 Å². The van der Waals surface area contributed by atoms with Gasteiger partial charge in [-0.2, -0.15) is 0 Å². The molecule has 1 amide bonds. The van der Waals surface area contributed by atoms with Gasteiger partial charge in [0.25, 0.3) is 5.91 Å². The number of hydrogen-bond acceptors (Lipinski definition) is 3. The fraction of sp³-hybridized carbons (Fsp3) is 0.400. The number of β-amino-alcohol motifs (C(OH)–C–C–N with tert-alkyl or cyclic N) is 1. The number of nitrogens with zero attached hydrogens (tertiary/aromatic N) is 1. The number of rotatable bonds is 3. The summed E-state index contributed by atoms with van der Waals surface area (Å²) in [5.74, 6) is -0.0400. The minimum absolute atomic E-state index is 0.0400. The van der Waals surface area contributed by atoms with Crippen molar-refractivity contribution in [1.82, 2.24) is 9.88 Å². The number of nitrogens with one attached hydrogen (secondary N) is 1. The van der Waals surface area contributed by atoms with Crippen LogP contribution < -0.4 is 5.73 Å². The first kappa shape index (κ1) is 13.0. The zero-order valence-corrected chi connectivity index (χ0v) is 11.5. The molecule has 4 N–H and O–H groups in total. The summed E-state index contributed by atoms with van der Waals surface area (Å²) in [6, 6.07) is 5.46. The molecule has 0 aliphatic carbocycles. The third-order valence-corrected chi connectivity index (χ3v) is 3.91. The van der Waals surface area contributed by atoms with E-state index in [1.807, 2.05) is 19.1 Å². The van der Waals surface area contributed by atoms with Crippen LogP contribution in [0.2, 0.25) is 0 Å². The number of fused-ring (bicyclic) bond motifs is 1. The summed E-state index contributed by atoms with van der Waals surface area (Å²) in [4.78, 5) is 17.2. The normalized spacial score (nSPS) is 17.2. The zero-order valence-electron chi connectivity index (χ0n) is 11.5. The van der Waals surface area contributed by atoms with E-state index in [0.717, 1.165) is 23.7 Å². The Balaban J connectivity index is 1.81. The van der Waals surface area contributed by atoms with Gasteiger partial charge >= 0.3 is 0 Å². The van der Waals surface area contributed by atoms with Crippen molar-refractivity contribution in [3.63, 3.8) is 0 Å². The Morgan fingerprint density at radius 2 is 2.25 bits per heavy atom. The first-order valence-electron chi connectivity index (χ1n) is 6.91. The smallest absolute Gasteiger partial charge is 0.256 e. The molecule has 2 aromatic rings.